The third kappa shape index (κ3) is 3.38. The van der Waals surface area contributed by atoms with Crippen LogP contribution in [0.15, 0.2) is 16.9 Å². The van der Waals surface area contributed by atoms with Gasteiger partial charge in [0.25, 0.3) is 5.91 Å². The fourth-order valence-corrected chi connectivity index (χ4v) is 2.67. The number of methoxy groups -OCH3 is 1. The van der Waals surface area contributed by atoms with Crippen molar-refractivity contribution < 1.29 is 18.8 Å². The summed E-state index contributed by atoms with van der Waals surface area (Å²) < 4.78 is 16.1. The molecule has 1 unspecified atom stereocenters. The molecule has 2 aromatic rings. The van der Waals surface area contributed by atoms with Crippen molar-refractivity contribution >= 4 is 5.91 Å². The summed E-state index contributed by atoms with van der Waals surface area (Å²) >= 11 is 0. The molecular formula is C16H20N4O4. The molecule has 0 bridgehead atoms. The monoisotopic (exact) mass is 332 g/mol. The number of rotatable bonds is 5. The zero-order valence-corrected chi connectivity index (χ0v) is 14.0. The molecule has 1 amide bonds. The predicted molar refractivity (Wildman–Crippen MR) is 83.7 cm³/mol. The van der Waals surface area contributed by atoms with E-state index in [2.05, 4.69) is 15.1 Å². The van der Waals surface area contributed by atoms with Crippen molar-refractivity contribution in [2.24, 2.45) is 0 Å². The van der Waals surface area contributed by atoms with Crippen LogP contribution in [0.5, 0.6) is 5.88 Å². The van der Waals surface area contributed by atoms with Crippen molar-refractivity contribution in [3.8, 4) is 5.88 Å². The van der Waals surface area contributed by atoms with E-state index in [0.29, 0.717) is 25.6 Å². The predicted octanol–water partition coefficient (Wildman–Crippen LogP) is 1.52. The number of aromatic nitrogens is 3. The smallest absolute Gasteiger partial charge is 0.274 e. The van der Waals surface area contributed by atoms with Gasteiger partial charge in [0, 0.05) is 18.7 Å². The lowest BCUT2D eigenvalue weighted by Gasteiger charge is -2.16. The molecule has 1 aliphatic heterocycles. The van der Waals surface area contributed by atoms with Crippen LogP contribution in [0.2, 0.25) is 0 Å². The highest BCUT2D eigenvalue weighted by molar-refractivity contribution is 5.92. The maximum absolute atomic E-state index is 12.5. The third-order valence-electron chi connectivity index (χ3n) is 4.12. The van der Waals surface area contributed by atoms with Crippen molar-refractivity contribution in [3.63, 3.8) is 0 Å². The summed E-state index contributed by atoms with van der Waals surface area (Å²) in [6.45, 7) is 5.35. The Labute approximate surface area is 139 Å². The lowest BCUT2D eigenvalue weighted by molar-refractivity contribution is 0.0428. The minimum atomic E-state index is -0.162. The SMILES string of the molecule is COc1cncc(C(=O)N2CCC(OCc3c(C)noc3C)C2)n1. The highest BCUT2D eigenvalue weighted by Crippen LogP contribution is 2.20. The minimum absolute atomic E-state index is 0.0128. The van der Waals surface area contributed by atoms with Crippen molar-refractivity contribution in [3.05, 3.63) is 35.1 Å². The largest absolute Gasteiger partial charge is 0.480 e. The van der Waals surface area contributed by atoms with Gasteiger partial charge >= 0.3 is 0 Å². The number of carbonyl (C=O) groups is 1. The van der Waals surface area contributed by atoms with Crippen LogP contribution in [0.3, 0.4) is 0 Å². The van der Waals surface area contributed by atoms with Gasteiger partial charge in [0.05, 0.1) is 37.9 Å². The molecule has 1 atom stereocenters. The van der Waals surface area contributed by atoms with Crippen LogP contribution in [-0.4, -0.2) is 52.2 Å². The van der Waals surface area contributed by atoms with Gasteiger partial charge in [-0.1, -0.05) is 5.16 Å². The molecule has 0 aliphatic carbocycles. The Morgan fingerprint density at radius 2 is 2.25 bits per heavy atom. The standard InChI is InChI=1S/C16H20N4O4/c1-10-13(11(2)24-19-10)9-23-12-4-5-20(8-12)16(21)14-6-17-7-15(18-14)22-3/h6-7,12H,4-5,8-9H2,1-3H3. The fourth-order valence-electron chi connectivity index (χ4n) is 2.67. The number of aryl methyl sites for hydroxylation is 2. The lowest BCUT2D eigenvalue weighted by atomic mass is 10.2. The van der Waals surface area contributed by atoms with E-state index < -0.39 is 0 Å². The number of carbonyl (C=O) groups excluding carboxylic acids is 1. The van der Waals surface area contributed by atoms with Crippen molar-refractivity contribution in [2.45, 2.75) is 33.0 Å². The molecule has 8 nitrogen and oxygen atoms in total. The molecule has 24 heavy (non-hydrogen) atoms. The molecule has 3 heterocycles. The van der Waals surface area contributed by atoms with Crippen molar-refractivity contribution in [2.75, 3.05) is 20.2 Å². The second-order valence-electron chi connectivity index (χ2n) is 5.72. The van der Waals surface area contributed by atoms with Gasteiger partial charge in [-0.05, 0) is 20.3 Å². The Hall–Kier alpha value is -2.48. The average molecular weight is 332 g/mol. The molecule has 8 heteroatoms. The van der Waals surface area contributed by atoms with Gasteiger partial charge < -0.3 is 18.9 Å². The van der Waals surface area contributed by atoms with Gasteiger partial charge in [-0.3, -0.25) is 9.78 Å². The maximum Gasteiger partial charge on any atom is 0.274 e. The van der Waals surface area contributed by atoms with E-state index >= 15 is 0 Å². The van der Waals surface area contributed by atoms with Crippen molar-refractivity contribution in [1.82, 2.24) is 20.0 Å². The Bertz CT molecular complexity index is 711. The Balaban J connectivity index is 1.57. The number of ether oxygens (including phenoxy) is 2. The fraction of sp³-hybridized carbons (Fsp3) is 0.500. The van der Waals surface area contributed by atoms with E-state index in [-0.39, 0.29) is 17.7 Å². The van der Waals surface area contributed by atoms with Gasteiger partial charge in [0.2, 0.25) is 5.88 Å². The number of hydrogen-bond donors (Lipinski definition) is 0. The van der Waals surface area contributed by atoms with E-state index in [0.717, 1.165) is 23.4 Å². The van der Waals surface area contributed by atoms with Gasteiger partial charge in [-0.15, -0.1) is 0 Å². The van der Waals surface area contributed by atoms with Crippen molar-refractivity contribution in [1.29, 1.82) is 0 Å². The van der Waals surface area contributed by atoms with E-state index in [1.54, 1.807) is 4.90 Å². The van der Waals surface area contributed by atoms with Gasteiger partial charge in [0.15, 0.2) is 5.69 Å². The second kappa shape index (κ2) is 6.96. The molecule has 0 spiro atoms. The maximum atomic E-state index is 12.5. The second-order valence-corrected chi connectivity index (χ2v) is 5.72. The summed E-state index contributed by atoms with van der Waals surface area (Å²) in [6, 6.07) is 0. The molecule has 1 fully saturated rings. The first kappa shape index (κ1) is 16.4. The summed E-state index contributed by atoms with van der Waals surface area (Å²) in [5.74, 6) is 0.932. The average Bonchev–Trinajstić information content (AvgIpc) is 3.20. The summed E-state index contributed by atoms with van der Waals surface area (Å²) in [6.07, 6.45) is 3.69. The Kier molecular flexibility index (Phi) is 4.75. The molecule has 2 aromatic heterocycles. The number of amides is 1. The van der Waals surface area contributed by atoms with Crippen LogP contribution >= 0.6 is 0 Å². The van der Waals surface area contributed by atoms with Gasteiger partial charge in [-0.2, -0.15) is 0 Å². The quantitative estimate of drug-likeness (QED) is 0.820. The van der Waals surface area contributed by atoms with Crippen LogP contribution in [0, 0.1) is 13.8 Å². The third-order valence-corrected chi connectivity index (χ3v) is 4.12. The molecule has 1 aliphatic rings. The Morgan fingerprint density at radius 3 is 2.96 bits per heavy atom. The lowest BCUT2D eigenvalue weighted by Crippen LogP contribution is -2.31. The van der Waals surface area contributed by atoms with E-state index in [4.69, 9.17) is 14.0 Å². The molecular weight excluding hydrogens is 312 g/mol. The normalized spacial score (nSPS) is 17.3. The van der Waals surface area contributed by atoms with E-state index in [1.165, 1.54) is 19.5 Å². The van der Waals surface area contributed by atoms with Crippen LogP contribution in [0.1, 0.15) is 33.9 Å². The first-order valence-corrected chi connectivity index (χ1v) is 7.77. The first-order valence-electron chi connectivity index (χ1n) is 7.77. The van der Waals surface area contributed by atoms with Crippen LogP contribution < -0.4 is 4.74 Å². The summed E-state index contributed by atoms with van der Waals surface area (Å²) in [5, 5.41) is 3.91. The van der Waals surface area contributed by atoms with E-state index in [9.17, 15) is 4.79 Å². The summed E-state index contributed by atoms with van der Waals surface area (Å²) in [5.41, 5.74) is 2.09. The van der Waals surface area contributed by atoms with Gasteiger partial charge in [0.1, 0.15) is 5.76 Å². The topological polar surface area (TPSA) is 90.6 Å². The molecule has 0 aromatic carbocycles. The van der Waals surface area contributed by atoms with Gasteiger partial charge in [-0.25, -0.2) is 4.98 Å². The molecule has 0 radical (unpaired) electrons. The van der Waals surface area contributed by atoms with E-state index in [1.807, 2.05) is 13.8 Å². The summed E-state index contributed by atoms with van der Waals surface area (Å²) in [7, 11) is 1.49. The highest BCUT2D eigenvalue weighted by Gasteiger charge is 2.29. The number of likely N-dealkylation sites (tertiary alicyclic amines) is 1. The first-order chi connectivity index (χ1) is 11.6. The zero-order chi connectivity index (χ0) is 17.1. The zero-order valence-electron chi connectivity index (χ0n) is 14.0. The number of hydrogen-bond acceptors (Lipinski definition) is 7. The van der Waals surface area contributed by atoms with Crippen LogP contribution in [-0.2, 0) is 11.3 Å². The summed E-state index contributed by atoms with van der Waals surface area (Å²) in [4.78, 5) is 22.3. The van der Waals surface area contributed by atoms with Crippen LogP contribution in [0.4, 0.5) is 0 Å². The molecule has 0 N–H and O–H groups in total. The number of nitrogens with zero attached hydrogens (tertiary/aromatic N) is 4. The Morgan fingerprint density at radius 1 is 1.42 bits per heavy atom. The minimum Gasteiger partial charge on any atom is -0.480 e. The molecule has 0 saturated carbocycles. The molecule has 128 valence electrons. The highest BCUT2D eigenvalue weighted by atomic mass is 16.5. The molecule has 3 rings (SSSR count). The van der Waals surface area contributed by atoms with Crippen LogP contribution in [0.25, 0.3) is 0 Å². The molecule has 1 saturated heterocycles.